The lowest BCUT2D eigenvalue weighted by atomic mass is 10.0. The summed E-state index contributed by atoms with van der Waals surface area (Å²) in [5.41, 5.74) is -0.104. The summed E-state index contributed by atoms with van der Waals surface area (Å²) in [4.78, 5) is 1.76. The molecule has 0 unspecified atom stereocenters. The molecule has 0 atom stereocenters. The molecule has 0 spiro atoms. The van der Waals surface area contributed by atoms with E-state index in [4.69, 9.17) is 10.00 Å². The SMILES string of the molecule is CC.CC.CC1(C)COCCN1C#N. The molecule has 3 heteroatoms. The van der Waals surface area contributed by atoms with Crippen LogP contribution in [-0.2, 0) is 4.74 Å². The number of hydrogen-bond donors (Lipinski definition) is 0. The molecule has 0 aromatic heterocycles. The van der Waals surface area contributed by atoms with Gasteiger partial charge in [0, 0.05) is 0 Å². The predicted molar refractivity (Wildman–Crippen MR) is 59.9 cm³/mol. The van der Waals surface area contributed by atoms with Gasteiger partial charge in [0.25, 0.3) is 0 Å². The van der Waals surface area contributed by atoms with Gasteiger partial charge in [-0.1, -0.05) is 27.7 Å². The van der Waals surface area contributed by atoms with Crippen LogP contribution in [0.1, 0.15) is 41.5 Å². The summed E-state index contributed by atoms with van der Waals surface area (Å²) in [6.07, 6.45) is 2.15. The highest BCUT2D eigenvalue weighted by atomic mass is 16.5. The van der Waals surface area contributed by atoms with Gasteiger partial charge in [0.2, 0.25) is 0 Å². The molecule has 0 N–H and O–H groups in total. The normalized spacial score (nSPS) is 17.9. The summed E-state index contributed by atoms with van der Waals surface area (Å²) >= 11 is 0. The largest absolute Gasteiger partial charge is 0.377 e. The Morgan fingerprint density at radius 3 is 2.00 bits per heavy atom. The van der Waals surface area contributed by atoms with E-state index in [1.165, 1.54) is 0 Å². The Labute approximate surface area is 88.7 Å². The number of morpholine rings is 1. The summed E-state index contributed by atoms with van der Waals surface area (Å²) in [6, 6.07) is 0. The molecule has 1 fully saturated rings. The van der Waals surface area contributed by atoms with E-state index in [1.807, 2.05) is 41.5 Å². The predicted octanol–water partition coefficient (Wildman–Crippen LogP) is 2.63. The first kappa shape index (κ1) is 15.7. The third kappa shape index (κ3) is 5.08. The zero-order valence-corrected chi connectivity index (χ0v) is 10.4. The minimum atomic E-state index is -0.104. The summed E-state index contributed by atoms with van der Waals surface area (Å²) in [5.74, 6) is 0. The van der Waals surface area contributed by atoms with Gasteiger partial charge in [0.1, 0.15) is 0 Å². The van der Waals surface area contributed by atoms with E-state index < -0.39 is 0 Å². The molecule has 0 amide bonds. The number of nitriles is 1. The van der Waals surface area contributed by atoms with Crippen LogP contribution in [0.3, 0.4) is 0 Å². The molecule has 1 rings (SSSR count). The first-order chi connectivity index (χ1) is 6.67. The maximum Gasteiger partial charge on any atom is 0.179 e. The van der Waals surface area contributed by atoms with Gasteiger partial charge in [0.05, 0.1) is 25.3 Å². The van der Waals surface area contributed by atoms with Crippen molar-refractivity contribution in [1.29, 1.82) is 5.26 Å². The Kier molecular flexibility index (Phi) is 9.91. The lowest BCUT2D eigenvalue weighted by Crippen LogP contribution is -2.50. The van der Waals surface area contributed by atoms with Crippen molar-refractivity contribution in [3.05, 3.63) is 0 Å². The fourth-order valence-corrected chi connectivity index (χ4v) is 1.04. The minimum Gasteiger partial charge on any atom is -0.377 e. The average Bonchev–Trinajstić information content (AvgIpc) is 2.23. The molecule has 0 aromatic rings. The zero-order valence-electron chi connectivity index (χ0n) is 10.4. The summed E-state index contributed by atoms with van der Waals surface area (Å²) in [6.45, 7) is 14.1. The van der Waals surface area contributed by atoms with Crippen molar-refractivity contribution in [2.75, 3.05) is 19.8 Å². The molecule has 1 aliphatic rings. The second-order valence-electron chi connectivity index (χ2n) is 3.12. The Hall–Kier alpha value is -0.750. The smallest absolute Gasteiger partial charge is 0.179 e. The van der Waals surface area contributed by atoms with Gasteiger partial charge >= 0.3 is 0 Å². The van der Waals surface area contributed by atoms with Gasteiger partial charge in [0.15, 0.2) is 6.19 Å². The van der Waals surface area contributed by atoms with Crippen LogP contribution in [0.5, 0.6) is 0 Å². The van der Waals surface area contributed by atoms with Crippen molar-refractivity contribution in [2.24, 2.45) is 0 Å². The monoisotopic (exact) mass is 200 g/mol. The van der Waals surface area contributed by atoms with Crippen molar-refractivity contribution >= 4 is 0 Å². The average molecular weight is 200 g/mol. The Bertz CT molecular complexity index is 161. The van der Waals surface area contributed by atoms with Crippen LogP contribution >= 0.6 is 0 Å². The van der Waals surface area contributed by atoms with Gasteiger partial charge in [-0.15, -0.1) is 0 Å². The Balaban J connectivity index is 0. The van der Waals surface area contributed by atoms with Crippen molar-refractivity contribution in [3.8, 4) is 6.19 Å². The van der Waals surface area contributed by atoms with E-state index in [-0.39, 0.29) is 5.54 Å². The lowest BCUT2D eigenvalue weighted by Gasteiger charge is -2.37. The highest BCUT2D eigenvalue weighted by Gasteiger charge is 2.29. The van der Waals surface area contributed by atoms with E-state index in [0.717, 1.165) is 6.54 Å². The molecule has 0 radical (unpaired) electrons. The van der Waals surface area contributed by atoms with Crippen LogP contribution in [0, 0.1) is 11.5 Å². The second kappa shape index (κ2) is 8.83. The second-order valence-corrected chi connectivity index (χ2v) is 3.12. The van der Waals surface area contributed by atoms with Crippen molar-refractivity contribution < 1.29 is 4.74 Å². The minimum absolute atomic E-state index is 0.104. The van der Waals surface area contributed by atoms with Gasteiger partial charge in [-0.3, -0.25) is 0 Å². The number of hydrogen-bond acceptors (Lipinski definition) is 3. The molecule has 0 saturated carbocycles. The quantitative estimate of drug-likeness (QED) is 0.564. The standard InChI is InChI=1S/C7H12N2O.2C2H6/c1-7(2)5-10-4-3-9(7)6-8;2*1-2/h3-5H2,1-2H3;2*1-2H3. The third-order valence-electron chi connectivity index (χ3n) is 1.77. The van der Waals surface area contributed by atoms with Gasteiger partial charge in [-0.05, 0) is 13.8 Å². The highest BCUT2D eigenvalue weighted by Crippen LogP contribution is 2.16. The van der Waals surface area contributed by atoms with Gasteiger partial charge in [-0.2, -0.15) is 5.26 Å². The summed E-state index contributed by atoms with van der Waals surface area (Å²) in [7, 11) is 0. The summed E-state index contributed by atoms with van der Waals surface area (Å²) < 4.78 is 5.22. The molecule has 1 aliphatic heterocycles. The maximum atomic E-state index is 8.65. The van der Waals surface area contributed by atoms with Crippen molar-refractivity contribution in [2.45, 2.75) is 47.1 Å². The van der Waals surface area contributed by atoms with E-state index in [2.05, 4.69) is 6.19 Å². The van der Waals surface area contributed by atoms with Crippen LogP contribution in [0.25, 0.3) is 0 Å². The van der Waals surface area contributed by atoms with E-state index in [1.54, 1.807) is 4.90 Å². The molecular weight excluding hydrogens is 176 g/mol. The molecule has 14 heavy (non-hydrogen) atoms. The van der Waals surface area contributed by atoms with Crippen LogP contribution in [-0.4, -0.2) is 30.2 Å². The first-order valence-electron chi connectivity index (χ1n) is 5.42. The highest BCUT2D eigenvalue weighted by molar-refractivity contribution is 4.91. The molecule has 1 heterocycles. The third-order valence-corrected chi connectivity index (χ3v) is 1.77. The summed E-state index contributed by atoms with van der Waals surface area (Å²) in [5, 5.41) is 8.65. The van der Waals surface area contributed by atoms with E-state index in [0.29, 0.717) is 13.2 Å². The molecule has 0 aromatic carbocycles. The number of ether oxygens (including phenoxy) is 1. The van der Waals surface area contributed by atoms with Gasteiger partial charge in [-0.25, -0.2) is 0 Å². The van der Waals surface area contributed by atoms with Crippen LogP contribution in [0.15, 0.2) is 0 Å². The lowest BCUT2D eigenvalue weighted by molar-refractivity contribution is -0.0217. The fourth-order valence-electron chi connectivity index (χ4n) is 1.04. The van der Waals surface area contributed by atoms with Crippen molar-refractivity contribution in [3.63, 3.8) is 0 Å². The number of rotatable bonds is 0. The molecule has 3 nitrogen and oxygen atoms in total. The zero-order chi connectivity index (χ0) is 11.6. The molecule has 1 saturated heterocycles. The molecular formula is C11H24N2O. The molecule has 84 valence electrons. The van der Waals surface area contributed by atoms with Crippen LogP contribution in [0.2, 0.25) is 0 Å². The molecule has 0 aliphatic carbocycles. The van der Waals surface area contributed by atoms with Crippen molar-refractivity contribution in [1.82, 2.24) is 4.90 Å². The first-order valence-corrected chi connectivity index (χ1v) is 5.42. The maximum absolute atomic E-state index is 8.65. The van der Waals surface area contributed by atoms with E-state index >= 15 is 0 Å². The van der Waals surface area contributed by atoms with Crippen LogP contribution in [0.4, 0.5) is 0 Å². The van der Waals surface area contributed by atoms with E-state index in [9.17, 15) is 0 Å². The Morgan fingerprint density at radius 2 is 1.71 bits per heavy atom. The fraction of sp³-hybridized carbons (Fsp3) is 0.909. The molecule has 0 bridgehead atoms. The van der Waals surface area contributed by atoms with Gasteiger partial charge < -0.3 is 9.64 Å². The Morgan fingerprint density at radius 1 is 1.21 bits per heavy atom. The number of nitrogens with zero attached hydrogens (tertiary/aromatic N) is 2. The topological polar surface area (TPSA) is 36.3 Å². The van der Waals surface area contributed by atoms with Crippen LogP contribution < -0.4 is 0 Å².